The van der Waals surface area contributed by atoms with Crippen molar-refractivity contribution in [2.75, 3.05) is 51.7 Å². The Bertz CT molecular complexity index is 2020. The molecule has 2 fully saturated rings. The zero-order valence-electron chi connectivity index (χ0n) is 30.8. The highest BCUT2D eigenvalue weighted by atomic mass is 32.2. The molecule has 2 aromatic carbocycles. The van der Waals surface area contributed by atoms with Crippen molar-refractivity contribution >= 4 is 27.4 Å². The van der Waals surface area contributed by atoms with Gasteiger partial charge in [0.05, 0.1) is 34.0 Å². The van der Waals surface area contributed by atoms with Gasteiger partial charge in [0, 0.05) is 86.4 Å². The van der Waals surface area contributed by atoms with E-state index < -0.39 is 21.9 Å². The molecule has 1 saturated carbocycles. The number of amides is 1. The summed E-state index contributed by atoms with van der Waals surface area (Å²) in [6, 6.07) is 14.8. The molecule has 54 heavy (non-hydrogen) atoms. The minimum Gasteiger partial charge on any atom is -0.497 e. The van der Waals surface area contributed by atoms with E-state index in [2.05, 4.69) is 15.3 Å². The molecule has 1 aliphatic heterocycles. The Kier molecular flexibility index (Phi) is 11.9. The molecule has 0 unspecified atom stereocenters. The normalized spacial score (nSPS) is 15.7. The van der Waals surface area contributed by atoms with E-state index in [0.717, 1.165) is 24.8 Å². The van der Waals surface area contributed by atoms with Crippen LogP contribution in [0.1, 0.15) is 59.2 Å². The molecule has 15 heteroatoms. The first kappa shape index (κ1) is 38.7. The Balaban J connectivity index is 1.32. The van der Waals surface area contributed by atoms with Gasteiger partial charge in [-0.3, -0.25) is 4.79 Å². The van der Waals surface area contributed by atoms with Gasteiger partial charge in [0.25, 0.3) is 15.9 Å². The van der Waals surface area contributed by atoms with Gasteiger partial charge in [-0.15, -0.1) is 0 Å². The third kappa shape index (κ3) is 9.19. The van der Waals surface area contributed by atoms with Gasteiger partial charge >= 0.3 is 0 Å². The summed E-state index contributed by atoms with van der Waals surface area (Å²) in [5.74, 6) is -0.555. The van der Waals surface area contributed by atoms with Gasteiger partial charge in [0.1, 0.15) is 28.8 Å². The predicted octanol–water partition coefficient (Wildman–Crippen LogP) is 6.73. The number of hydrogen-bond acceptors (Lipinski definition) is 10. The highest BCUT2D eigenvalue weighted by molar-refractivity contribution is 7.89. The second-order valence-electron chi connectivity index (χ2n) is 13.5. The second kappa shape index (κ2) is 16.6. The largest absolute Gasteiger partial charge is 0.497 e. The van der Waals surface area contributed by atoms with Crippen LogP contribution < -0.4 is 29.2 Å². The lowest BCUT2D eigenvalue weighted by Gasteiger charge is -2.25. The lowest BCUT2D eigenvalue weighted by Crippen LogP contribution is -2.31. The number of anilines is 2. The van der Waals surface area contributed by atoms with E-state index >= 15 is 0 Å². The third-order valence-corrected chi connectivity index (χ3v) is 11.4. The van der Waals surface area contributed by atoms with E-state index in [9.17, 15) is 22.0 Å². The van der Waals surface area contributed by atoms with Crippen LogP contribution in [0.3, 0.4) is 0 Å². The number of benzene rings is 2. The van der Waals surface area contributed by atoms with Gasteiger partial charge in [0.15, 0.2) is 5.03 Å². The van der Waals surface area contributed by atoms with Crippen molar-refractivity contribution in [3.63, 3.8) is 0 Å². The van der Waals surface area contributed by atoms with E-state index in [1.807, 2.05) is 0 Å². The first-order valence-electron chi connectivity index (χ1n) is 17.7. The van der Waals surface area contributed by atoms with Crippen LogP contribution in [0.25, 0.3) is 0 Å². The standard InChI is InChI=1S/C39H45F2N5O7S/c1-50-31-10-8-28(34(21-31)52-3)24-46(25-29-9-11-32(51-2)22-35(29)53-4)54(48,49)36-20-30(12-15-42-36)44-38(47)33-19-27(18-26-6-7-26)23-43-37(33)45-16-5-13-39(40,41)14-17-45/h8-12,15,19-23,26H,5-7,13-14,16-18,24-25H2,1-4H3,(H,42,44,47). The van der Waals surface area contributed by atoms with Crippen LogP contribution in [-0.2, 0) is 29.5 Å². The number of nitrogens with zero attached hydrogens (tertiary/aromatic N) is 4. The average molecular weight is 766 g/mol. The van der Waals surface area contributed by atoms with Crippen LogP contribution in [0, 0.1) is 5.92 Å². The minimum atomic E-state index is -4.35. The number of methoxy groups -OCH3 is 4. The third-order valence-electron chi connectivity index (χ3n) is 9.69. The summed E-state index contributed by atoms with van der Waals surface area (Å²) < 4.78 is 80.7. The van der Waals surface area contributed by atoms with E-state index in [-0.39, 0.29) is 55.2 Å². The first-order chi connectivity index (χ1) is 25.9. The van der Waals surface area contributed by atoms with Crippen molar-refractivity contribution in [2.24, 2.45) is 5.92 Å². The molecule has 1 N–H and O–H groups in total. The van der Waals surface area contributed by atoms with Crippen LogP contribution in [0.5, 0.6) is 23.0 Å². The fourth-order valence-electron chi connectivity index (χ4n) is 6.49. The second-order valence-corrected chi connectivity index (χ2v) is 15.4. The Morgan fingerprint density at radius 3 is 2.11 bits per heavy atom. The summed E-state index contributed by atoms with van der Waals surface area (Å²) in [5, 5.41) is 2.52. The van der Waals surface area contributed by atoms with Gasteiger partial charge in [-0.1, -0.05) is 12.1 Å². The first-order valence-corrected chi connectivity index (χ1v) is 19.2. The fraction of sp³-hybridized carbons (Fsp3) is 0.410. The molecule has 1 amide bonds. The molecular formula is C39H45F2N5O7S. The quantitative estimate of drug-likeness (QED) is 0.139. The van der Waals surface area contributed by atoms with Crippen molar-refractivity contribution in [1.29, 1.82) is 0 Å². The highest BCUT2D eigenvalue weighted by Crippen LogP contribution is 2.36. The molecule has 1 saturated heterocycles. The van der Waals surface area contributed by atoms with Gasteiger partial charge in [0.2, 0.25) is 5.92 Å². The number of halogens is 2. The Hall–Kier alpha value is -5.02. The maximum absolute atomic E-state index is 14.5. The van der Waals surface area contributed by atoms with Crippen LogP contribution in [0.2, 0.25) is 0 Å². The van der Waals surface area contributed by atoms with Gasteiger partial charge in [-0.05, 0) is 61.4 Å². The van der Waals surface area contributed by atoms with Gasteiger partial charge in [-0.2, -0.15) is 4.31 Å². The lowest BCUT2D eigenvalue weighted by molar-refractivity contribution is -0.0102. The molecule has 2 aromatic heterocycles. The van der Waals surface area contributed by atoms with Crippen molar-refractivity contribution in [3.8, 4) is 23.0 Å². The molecule has 0 spiro atoms. The molecule has 0 bridgehead atoms. The highest BCUT2D eigenvalue weighted by Gasteiger charge is 2.34. The van der Waals surface area contributed by atoms with Crippen LogP contribution in [0.4, 0.5) is 20.3 Å². The molecule has 4 aromatic rings. The number of pyridine rings is 2. The SMILES string of the molecule is COc1ccc(CN(Cc2ccc(OC)cc2OC)S(=O)(=O)c2cc(NC(=O)c3cc(CC4CC4)cnc3N3CCCC(F)(F)CC3)ccn2)c(OC)c1. The summed E-state index contributed by atoms with van der Waals surface area (Å²) in [7, 11) is 1.68. The van der Waals surface area contributed by atoms with Crippen LogP contribution in [0.15, 0.2) is 72.0 Å². The summed E-state index contributed by atoms with van der Waals surface area (Å²) >= 11 is 0. The Morgan fingerprint density at radius 2 is 1.52 bits per heavy atom. The van der Waals surface area contributed by atoms with E-state index in [4.69, 9.17) is 18.9 Å². The summed E-state index contributed by atoms with van der Waals surface area (Å²) in [4.78, 5) is 24.6. The maximum atomic E-state index is 14.5. The van der Waals surface area contributed by atoms with Crippen molar-refractivity contribution in [1.82, 2.24) is 14.3 Å². The maximum Gasteiger partial charge on any atom is 0.261 e. The van der Waals surface area contributed by atoms with Gasteiger partial charge < -0.3 is 29.2 Å². The number of carbonyl (C=O) groups is 1. The number of rotatable bonds is 15. The number of alkyl halides is 2. The smallest absolute Gasteiger partial charge is 0.261 e. The number of nitrogens with one attached hydrogen (secondary N) is 1. The summed E-state index contributed by atoms with van der Waals surface area (Å²) in [5.41, 5.74) is 2.42. The lowest BCUT2D eigenvalue weighted by atomic mass is 10.1. The number of ether oxygens (including phenoxy) is 4. The van der Waals surface area contributed by atoms with E-state index in [1.54, 1.807) is 53.6 Å². The number of sulfonamides is 1. The summed E-state index contributed by atoms with van der Waals surface area (Å²) in [6.07, 6.45) is 5.68. The number of hydrogen-bond donors (Lipinski definition) is 1. The van der Waals surface area contributed by atoms with E-state index in [0.29, 0.717) is 52.4 Å². The van der Waals surface area contributed by atoms with Gasteiger partial charge in [-0.25, -0.2) is 27.2 Å². The molecule has 2 aliphatic rings. The molecule has 0 radical (unpaired) electrons. The molecule has 6 rings (SSSR count). The van der Waals surface area contributed by atoms with Crippen molar-refractivity contribution in [3.05, 3.63) is 89.2 Å². The topological polar surface area (TPSA) is 132 Å². The molecule has 12 nitrogen and oxygen atoms in total. The monoisotopic (exact) mass is 765 g/mol. The Morgan fingerprint density at radius 1 is 0.870 bits per heavy atom. The molecule has 288 valence electrons. The predicted molar refractivity (Wildman–Crippen MR) is 199 cm³/mol. The molecule has 0 atom stereocenters. The fourth-order valence-corrected chi connectivity index (χ4v) is 7.84. The zero-order chi connectivity index (χ0) is 38.5. The Labute approximate surface area is 314 Å². The molecule has 1 aliphatic carbocycles. The number of aromatic nitrogens is 2. The summed E-state index contributed by atoms with van der Waals surface area (Å²) in [6.45, 7) is 0.158. The van der Waals surface area contributed by atoms with Crippen LogP contribution in [-0.4, -0.2) is 76.0 Å². The zero-order valence-corrected chi connectivity index (χ0v) is 31.6. The van der Waals surface area contributed by atoms with Crippen molar-refractivity contribution in [2.45, 2.75) is 62.6 Å². The number of carbonyl (C=O) groups excluding carboxylic acids is 1. The van der Waals surface area contributed by atoms with Crippen LogP contribution >= 0.6 is 0 Å². The van der Waals surface area contributed by atoms with Crippen molar-refractivity contribution < 1.29 is 40.9 Å². The molecular weight excluding hydrogens is 721 g/mol. The average Bonchev–Trinajstić information content (AvgIpc) is 4.02. The molecule has 3 heterocycles. The minimum absolute atomic E-state index is 0.0493. The van der Waals surface area contributed by atoms with E-state index in [1.165, 1.54) is 51.1 Å².